The molecule has 0 radical (unpaired) electrons. The zero-order chi connectivity index (χ0) is 16.5. The van der Waals surface area contributed by atoms with Gasteiger partial charge in [0.15, 0.2) is 0 Å². The van der Waals surface area contributed by atoms with Crippen LogP contribution in [0.25, 0.3) is 0 Å². The Morgan fingerprint density at radius 3 is 2.61 bits per heavy atom. The number of thiocarbonyl (C=S) groups is 1. The maximum absolute atomic E-state index is 5.56. The van der Waals surface area contributed by atoms with Crippen LogP contribution in [0.1, 0.15) is 6.92 Å². The van der Waals surface area contributed by atoms with E-state index in [-0.39, 0.29) is 0 Å². The molecule has 0 unspecified atom stereocenters. The van der Waals surface area contributed by atoms with Gasteiger partial charge >= 0.3 is 0 Å². The molecule has 0 aliphatic carbocycles. The van der Waals surface area contributed by atoms with Crippen molar-refractivity contribution in [1.82, 2.24) is 14.9 Å². The minimum absolute atomic E-state index is 0.804. The molecule has 1 aromatic rings. The van der Waals surface area contributed by atoms with Gasteiger partial charge in [0, 0.05) is 44.3 Å². The Kier molecular flexibility index (Phi) is 7.29. The fourth-order valence-electron chi connectivity index (χ4n) is 2.16. The lowest BCUT2D eigenvalue weighted by atomic mass is 10.3. The summed E-state index contributed by atoms with van der Waals surface area (Å²) in [6.07, 6.45) is 11.4. The first kappa shape index (κ1) is 17.7. The molecule has 2 rings (SSSR count). The van der Waals surface area contributed by atoms with Crippen molar-refractivity contribution in [2.45, 2.75) is 6.92 Å². The Labute approximate surface area is 148 Å². The quantitative estimate of drug-likeness (QED) is 0.601. The number of piperazine rings is 1. The van der Waals surface area contributed by atoms with Gasteiger partial charge in [0.05, 0.1) is 0 Å². The average molecular weight is 347 g/mol. The molecule has 1 aliphatic heterocycles. The summed E-state index contributed by atoms with van der Waals surface area (Å²) in [4.78, 5) is 13.1. The van der Waals surface area contributed by atoms with Crippen LogP contribution >= 0.6 is 24.0 Å². The number of thioether (sulfide) groups is 1. The van der Waals surface area contributed by atoms with E-state index >= 15 is 0 Å². The molecule has 0 atom stereocenters. The molecule has 0 N–H and O–H groups in total. The van der Waals surface area contributed by atoms with Gasteiger partial charge in [0.2, 0.25) is 5.95 Å². The van der Waals surface area contributed by atoms with Gasteiger partial charge in [-0.15, -0.1) is 0 Å². The van der Waals surface area contributed by atoms with Gasteiger partial charge in [0.25, 0.3) is 0 Å². The van der Waals surface area contributed by atoms with Crippen molar-refractivity contribution >= 4 is 34.2 Å². The van der Waals surface area contributed by atoms with Crippen molar-refractivity contribution in [2.75, 3.05) is 36.8 Å². The standard InChI is InChI=1S/C17H22N4S2/c1-3-4-5-7-15(2)14-23-17(22)21-12-10-20(11-13-21)16-18-8-6-9-19-16/h3-9H,1,10-14H2,2H3/b5-4-,15-7+. The van der Waals surface area contributed by atoms with Gasteiger partial charge in [0.1, 0.15) is 4.32 Å². The summed E-state index contributed by atoms with van der Waals surface area (Å²) in [6, 6.07) is 1.84. The van der Waals surface area contributed by atoms with Crippen LogP contribution in [0.4, 0.5) is 5.95 Å². The van der Waals surface area contributed by atoms with E-state index < -0.39 is 0 Å². The molecule has 0 spiro atoms. The van der Waals surface area contributed by atoms with Gasteiger partial charge in [-0.25, -0.2) is 9.97 Å². The molecule has 1 saturated heterocycles. The Balaban J connectivity index is 1.76. The van der Waals surface area contributed by atoms with Gasteiger partial charge < -0.3 is 9.80 Å². The summed E-state index contributed by atoms with van der Waals surface area (Å²) in [7, 11) is 0. The second-order valence-electron chi connectivity index (χ2n) is 5.21. The zero-order valence-electron chi connectivity index (χ0n) is 13.4. The van der Waals surface area contributed by atoms with Crippen molar-refractivity contribution in [1.29, 1.82) is 0 Å². The van der Waals surface area contributed by atoms with E-state index in [1.165, 1.54) is 5.57 Å². The van der Waals surface area contributed by atoms with E-state index in [0.29, 0.717) is 0 Å². The highest BCUT2D eigenvalue weighted by Crippen LogP contribution is 2.17. The van der Waals surface area contributed by atoms with E-state index in [2.05, 4.69) is 39.3 Å². The predicted molar refractivity (Wildman–Crippen MR) is 104 cm³/mol. The molecule has 4 nitrogen and oxygen atoms in total. The minimum Gasteiger partial charge on any atom is -0.354 e. The molecule has 0 saturated carbocycles. The molecule has 1 aliphatic rings. The lowest BCUT2D eigenvalue weighted by Gasteiger charge is -2.35. The fraction of sp³-hybridized carbons (Fsp3) is 0.353. The predicted octanol–water partition coefficient (Wildman–Crippen LogP) is 3.31. The molecule has 23 heavy (non-hydrogen) atoms. The van der Waals surface area contributed by atoms with Crippen molar-refractivity contribution in [3.05, 3.63) is 54.9 Å². The highest BCUT2D eigenvalue weighted by atomic mass is 32.2. The molecular weight excluding hydrogens is 324 g/mol. The van der Waals surface area contributed by atoms with Crippen LogP contribution in [0.3, 0.4) is 0 Å². The van der Waals surface area contributed by atoms with Crippen LogP contribution in [-0.4, -0.2) is 51.1 Å². The Bertz CT molecular complexity index is 576. The number of aromatic nitrogens is 2. The monoisotopic (exact) mass is 346 g/mol. The first-order valence-electron chi connectivity index (χ1n) is 7.59. The second-order valence-corrected chi connectivity index (χ2v) is 6.82. The van der Waals surface area contributed by atoms with Crippen LogP contribution < -0.4 is 4.90 Å². The number of rotatable bonds is 5. The molecule has 2 heterocycles. The third-order valence-corrected chi connectivity index (χ3v) is 5.14. The van der Waals surface area contributed by atoms with Crippen molar-refractivity contribution in [3.63, 3.8) is 0 Å². The fourth-order valence-corrected chi connectivity index (χ4v) is 3.33. The summed E-state index contributed by atoms with van der Waals surface area (Å²) < 4.78 is 0.971. The topological polar surface area (TPSA) is 32.3 Å². The second kappa shape index (κ2) is 9.47. The number of anilines is 1. The first-order valence-corrected chi connectivity index (χ1v) is 8.98. The number of hydrogen-bond donors (Lipinski definition) is 0. The van der Waals surface area contributed by atoms with Crippen LogP contribution in [0.2, 0.25) is 0 Å². The summed E-state index contributed by atoms with van der Waals surface area (Å²) in [6.45, 7) is 9.43. The molecule has 1 fully saturated rings. The number of allylic oxidation sites excluding steroid dienone is 4. The van der Waals surface area contributed by atoms with Crippen molar-refractivity contribution in [2.24, 2.45) is 0 Å². The third kappa shape index (κ3) is 5.80. The normalized spacial score (nSPS) is 16.0. The van der Waals surface area contributed by atoms with E-state index in [0.717, 1.165) is 42.2 Å². The van der Waals surface area contributed by atoms with E-state index in [1.807, 2.05) is 18.2 Å². The molecule has 122 valence electrons. The first-order chi connectivity index (χ1) is 11.2. The Hall–Kier alpha value is -1.66. The van der Waals surface area contributed by atoms with Gasteiger partial charge in [-0.1, -0.05) is 60.4 Å². The maximum Gasteiger partial charge on any atom is 0.225 e. The van der Waals surface area contributed by atoms with Crippen molar-refractivity contribution < 1.29 is 0 Å². The van der Waals surface area contributed by atoms with Crippen LogP contribution in [0.5, 0.6) is 0 Å². The summed E-state index contributed by atoms with van der Waals surface area (Å²) >= 11 is 7.29. The minimum atomic E-state index is 0.804. The summed E-state index contributed by atoms with van der Waals surface area (Å²) in [5.41, 5.74) is 1.30. The maximum atomic E-state index is 5.56. The molecule has 0 aromatic carbocycles. The highest BCUT2D eigenvalue weighted by molar-refractivity contribution is 8.23. The Morgan fingerprint density at radius 1 is 1.26 bits per heavy atom. The lowest BCUT2D eigenvalue weighted by molar-refractivity contribution is 0.394. The molecular formula is C17H22N4S2. The van der Waals surface area contributed by atoms with Crippen molar-refractivity contribution in [3.8, 4) is 0 Å². The third-order valence-electron chi connectivity index (χ3n) is 3.42. The molecule has 1 aromatic heterocycles. The molecule has 0 bridgehead atoms. The molecule has 6 heteroatoms. The number of nitrogens with zero attached hydrogens (tertiary/aromatic N) is 4. The zero-order valence-corrected chi connectivity index (χ0v) is 15.0. The van der Waals surface area contributed by atoms with Crippen LogP contribution in [0.15, 0.2) is 54.9 Å². The Morgan fingerprint density at radius 2 is 1.96 bits per heavy atom. The summed E-state index contributed by atoms with van der Waals surface area (Å²) in [5, 5.41) is 0. The van der Waals surface area contributed by atoms with Crippen LogP contribution in [-0.2, 0) is 0 Å². The van der Waals surface area contributed by atoms with Gasteiger partial charge in [-0.2, -0.15) is 0 Å². The average Bonchev–Trinajstić information content (AvgIpc) is 2.61. The number of hydrogen-bond acceptors (Lipinski definition) is 5. The van der Waals surface area contributed by atoms with Crippen LogP contribution in [0, 0.1) is 0 Å². The molecule has 0 amide bonds. The van der Waals surface area contributed by atoms with E-state index in [4.69, 9.17) is 12.2 Å². The SMILES string of the molecule is C=C/C=C\C=C(/C)CSC(=S)N1CCN(c2ncccn2)CC1. The van der Waals surface area contributed by atoms with Gasteiger partial charge in [-0.3, -0.25) is 0 Å². The van der Waals surface area contributed by atoms with Gasteiger partial charge in [-0.05, 0) is 13.0 Å². The summed E-state index contributed by atoms with van der Waals surface area (Å²) in [5.74, 6) is 1.72. The largest absolute Gasteiger partial charge is 0.354 e. The van der Waals surface area contributed by atoms with E-state index in [9.17, 15) is 0 Å². The highest BCUT2D eigenvalue weighted by Gasteiger charge is 2.20. The smallest absolute Gasteiger partial charge is 0.225 e. The van der Waals surface area contributed by atoms with E-state index in [1.54, 1.807) is 30.2 Å². The lowest BCUT2D eigenvalue weighted by Crippen LogP contribution is -2.48.